The van der Waals surface area contributed by atoms with E-state index >= 15 is 0 Å². The lowest BCUT2D eigenvalue weighted by Crippen LogP contribution is -2.38. The molecule has 1 N–H and O–H groups in total. The van der Waals surface area contributed by atoms with Gasteiger partial charge in [-0.2, -0.15) is 0 Å². The monoisotopic (exact) mass is 222 g/mol. The molecule has 1 saturated carbocycles. The van der Waals surface area contributed by atoms with Crippen LogP contribution in [0.5, 0.6) is 0 Å². The topological polar surface area (TPSA) is 32.3 Å². The number of nitrogens with one attached hydrogen (secondary N) is 1. The molecule has 3 nitrogen and oxygen atoms in total. The molecule has 0 aromatic heterocycles. The molecule has 2 amide bonds. The molecule has 1 aromatic rings. The highest BCUT2D eigenvalue weighted by Crippen LogP contribution is 2.25. The molecule has 0 radical (unpaired) electrons. The van der Waals surface area contributed by atoms with Crippen LogP contribution < -0.4 is 5.32 Å². The summed E-state index contributed by atoms with van der Waals surface area (Å²) >= 11 is 0. The van der Waals surface area contributed by atoms with Gasteiger partial charge in [-0.25, -0.2) is 9.18 Å². The second kappa shape index (κ2) is 4.51. The van der Waals surface area contributed by atoms with Crippen molar-refractivity contribution in [2.75, 3.05) is 7.05 Å². The largest absolute Gasteiger partial charge is 0.334 e. The smallest absolute Gasteiger partial charge is 0.317 e. The quantitative estimate of drug-likeness (QED) is 0.834. The average Bonchev–Trinajstić information content (AvgIpc) is 3.09. The number of nitrogens with zero attached hydrogens (tertiary/aromatic N) is 1. The lowest BCUT2D eigenvalue weighted by atomic mass is 10.2. The molecule has 1 aliphatic carbocycles. The molecule has 0 atom stereocenters. The highest BCUT2D eigenvalue weighted by molar-refractivity contribution is 5.74. The van der Waals surface area contributed by atoms with Crippen LogP contribution in [0.15, 0.2) is 24.3 Å². The lowest BCUT2D eigenvalue weighted by Gasteiger charge is -2.17. The fourth-order valence-corrected chi connectivity index (χ4v) is 1.58. The summed E-state index contributed by atoms with van der Waals surface area (Å²) in [7, 11) is 1.79. The van der Waals surface area contributed by atoms with E-state index in [-0.39, 0.29) is 11.8 Å². The van der Waals surface area contributed by atoms with Crippen molar-refractivity contribution < 1.29 is 9.18 Å². The molecule has 0 heterocycles. The van der Waals surface area contributed by atoms with E-state index in [4.69, 9.17) is 0 Å². The van der Waals surface area contributed by atoms with E-state index in [1.165, 1.54) is 12.1 Å². The zero-order chi connectivity index (χ0) is 11.5. The fourth-order valence-electron chi connectivity index (χ4n) is 1.58. The van der Waals surface area contributed by atoms with Crippen molar-refractivity contribution in [1.82, 2.24) is 10.2 Å². The van der Waals surface area contributed by atoms with Crippen LogP contribution in [0.3, 0.4) is 0 Å². The predicted octanol–water partition coefficient (Wildman–Crippen LogP) is 2.13. The summed E-state index contributed by atoms with van der Waals surface area (Å²) in [4.78, 5) is 13.3. The first-order valence-corrected chi connectivity index (χ1v) is 5.42. The number of rotatable bonds is 3. The van der Waals surface area contributed by atoms with Crippen LogP contribution in [-0.4, -0.2) is 24.0 Å². The molecule has 2 rings (SSSR count). The third kappa shape index (κ3) is 2.72. The van der Waals surface area contributed by atoms with Crippen LogP contribution in [0.1, 0.15) is 18.4 Å². The van der Waals surface area contributed by atoms with Gasteiger partial charge in [0.05, 0.1) is 0 Å². The van der Waals surface area contributed by atoms with Crippen LogP contribution in [0.4, 0.5) is 9.18 Å². The molecule has 1 fully saturated rings. The summed E-state index contributed by atoms with van der Waals surface area (Å²) in [5.74, 6) is -0.276. The van der Waals surface area contributed by atoms with Crippen molar-refractivity contribution >= 4 is 6.03 Å². The molecular weight excluding hydrogens is 207 g/mol. The number of carbonyl (C=O) groups excluding carboxylic acids is 1. The van der Waals surface area contributed by atoms with Gasteiger partial charge in [0.15, 0.2) is 0 Å². The predicted molar refractivity (Wildman–Crippen MR) is 59.4 cm³/mol. The number of urea groups is 1. The molecule has 1 aromatic carbocycles. The van der Waals surface area contributed by atoms with E-state index in [0.717, 1.165) is 18.4 Å². The van der Waals surface area contributed by atoms with Gasteiger partial charge in [-0.05, 0) is 30.5 Å². The molecule has 0 bridgehead atoms. The Bertz CT molecular complexity index is 390. The summed E-state index contributed by atoms with van der Waals surface area (Å²) in [6.07, 6.45) is 2.17. The van der Waals surface area contributed by atoms with Crippen LogP contribution in [0, 0.1) is 5.82 Å². The number of hydrogen-bond donors (Lipinski definition) is 1. The second-order valence-electron chi connectivity index (χ2n) is 4.13. The Hall–Kier alpha value is -1.58. The molecule has 16 heavy (non-hydrogen) atoms. The number of carbonyl (C=O) groups is 1. The van der Waals surface area contributed by atoms with Gasteiger partial charge in [-0.15, -0.1) is 0 Å². The van der Waals surface area contributed by atoms with Gasteiger partial charge < -0.3 is 10.2 Å². The Morgan fingerprint density at radius 2 is 2.31 bits per heavy atom. The molecule has 0 aliphatic heterocycles. The van der Waals surface area contributed by atoms with Gasteiger partial charge in [0, 0.05) is 19.6 Å². The fraction of sp³-hybridized carbons (Fsp3) is 0.417. The normalized spacial score (nSPS) is 14.6. The average molecular weight is 222 g/mol. The molecule has 1 aliphatic rings. The Morgan fingerprint density at radius 3 is 2.94 bits per heavy atom. The first-order valence-electron chi connectivity index (χ1n) is 5.42. The molecule has 86 valence electrons. The molecule has 0 unspecified atom stereocenters. The lowest BCUT2D eigenvalue weighted by molar-refractivity contribution is 0.206. The second-order valence-corrected chi connectivity index (χ2v) is 4.13. The summed E-state index contributed by atoms with van der Waals surface area (Å²) < 4.78 is 12.9. The highest BCUT2D eigenvalue weighted by Gasteiger charge is 2.29. The van der Waals surface area contributed by atoms with E-state index in [1.54, 1.807) is 24.1 Å². The third-order valence-electron chi connectivity index (χ3n) is 2.75. The van der Waals surface area contributed by atoms with Crippen molar-refractivity contribution in [3.63, 3.8) is 0 Å². The summed E-state index contributed by atoms with van der Waals surface area (Å²) in [5, 5.41) is 2.77. The van der Waals surface area contributed by atoms with Gasteiger partial charge in [0.2, 0.25) is 0 Å². The Labute approximate surface area is 94.3 Å². The molecule has 0 saturated heterocycles. The van der Waals surface area contributed by atoms with Crippen molar-refractivity contribution in [1.29, 1.82) is 0 Å². The van der Waals surface area contributed by atoms with E-state index < -0.39 is 0 Å². The number of hydrogen-bond acceptors (Lipinski definition) is 1. The summed E-state index contributed by atoms with van der Waals surface area (Å²) in [6.45, 7) is 0.369. The van der Waals surface area contributed by atoms with Crippen molar-refractivity contribution in [2.24, 2.45) is 0 Å². The van der Waals surface area contributed by atoms with E-state index in [1.807, 2.05) is 0 Å². The zero-order valence-corrected chi connectivity index (χ0v) is 9.24. The minimum absolute atomic E-state index is 0.0910. The number of amides is 2. The maximum atomic E-state index is 12.9. The maximum absolute atomic E-state index is 12.9. The minimum Gasteiger partial charge on any atom is -0.334 e. The molecular formula is C12H15FN2O. The Kier molecular flexibility index (Phi) is 3.08. The van der Waals surface area contributed by atoms with Gasteiger partial charge in [0.1, 0.15) is 5.82 Å². The van der Waals surface area contributed by atoms with Crippen LogP contribution in [-0.2, 0) is 6.54 Å². The molecule has 0 spiro atoms. The summed E-state index contributed by atoms with van der Waals surface area (Å²) in [5.41, 5.74) is 0.776. The van der Waals surface area contributed by atoms with E-state index in [2.05, 4.69) is 5.32 Å². The standard InChI is InChI=1S/C12H15FN2O/c1-15(11-5-6-11)12(16)14-8-9-3-2-4-10(13)7-9/h2-4,7,11H,5-6,8H2,1H3,(H,14,16). The first kappa shape index (κ1) is 10.9. The van der Waals surface area contributed by atoms with Gasteiger partial charge in [0.25, 0.3) is 0 Å². The van der Waals surface area contributed by atoms with Crippen molar-refractivity contribution in [3.05, 3.63) is 35.6 Å². The minimum atomic E-state index is -0.276. The SMILES string of the molecule is CN(C(=O)NCc1cccc(F)c1)C1CC1. The van der Waals surface area contributed by atoms with Gasteiger partial charge in [-0.1, -0.05) is 12.1 Å². The first-order chi connectivity index (χ1) is 7.66. The van der Waals surface area contributed by atoms with Crippen LogP contribution in [0.25, 0.3) is 0 Å². The Balaban J connectivity index is 1.84. The van der Waals surface area contributed by atoms with Crippen molar-refractivity contribution in [3.8, 4) is 0 Å². The Morgan fingerprint density at radius 1 is 1.56 bits per heavy atom. The third-order valence-corrected chi connectivity index (χ3v) is 2.75. The van der Waals surface area contributed by atoms with E-state index in [9.17, 15) is 9.18 Å². The van der Waals surface area contributed by atoms with Crippen LogP contribution >= 0.6 is 0 Å². The van der Waals surface area contributed by atoms with Crippen molar-refractivity contribution in [2.45, 2.75) is 25.4 Å². The zero-order valence-electron chi connectivity index (χ0n) is 9.24. The highest BCUT2D eigenvalue weighted by atomic mass is 19.1. The number of halogens is 1. The van der Waals surface area contributed by atoms with Gasteiger partial charge >= 0.3 is 6.03 Å². The van der Waals surface area contributed by atoms with E-state index in [0.29, 0.717) is 12.6 Å². The molecule has 4 heteroatoms. The summed E-state index contributed by atoms with van der Waals surface area (Å²) in [6, 6.07) is 6.56. The number of benzene rings is 1. The van der Waals surface area contributed by atoms with Crippen LogP contribution in [0.2, 0.25) is 0 Å². The maximum Gasteiger partial charge on any atom is 0.317 e. The van der Waals surface area contributed by atoms with Gasteiger partial charge in [-0.3, -0.25) is 0 Å².